The van der Waals surface area contributed by atoms with Crippen molar-refractivity contribution in [2.24, 2.45) is 4.99 Å². The van der Waals surface area contributed by atoms with Crippen molar-refractivity contribution in [2.45, 2.75) is 18.6 Å². The van der Waals surface area contributed by atoms with E-state index in [0.717, 1.165) is 29.0 Å². The van der Waals surface area contributed by atoms with Gasteiger partial charge >= 0.3 is 0 Å². The fourth-order valence-electron chi connectivity index (χ4n) is 2.56. The molecule has 2 aliphatic heterocycles. The molecule has 3 rings (SSSR count). The lowest BCUT2D eigenvalue weighted by Crippen LogP contribution is -2.46. The zero-order valence-electron chi connectivity index (χ0n) is 10.0. The molecular weight excluding hydrogens is 233 g/mol. The Balaban J connectivity index is 2.03. The topological polar surface area (TPSA) is 53.5 Å². The van der Waals surface area contributed by atoms with Gasteiger partial charge in [0.2, 0.25) is 5.91 Å². The number of nitrogens with one attached hydrogen (secondary N) is 2. The number of fused-ring (bicyclic) bond motifs is 2. The smallest absolute Gasteiger partial charge is 0.243 e. The zero-order valence-corrected chi connectivity index (χ0v) is 10.0. The first-order chi connectivity index (χ1) is 8.70. The van der Waals surface area contributed by atoms with E-state index in [-0.39, 0.29) is 5.91 Å². The van der Waals surface area contributed by atoms with Gasteiger partial charge in [0.05, 0.1) is 11.4 Å². The number of nitrogens with zero attached hydrogens (tertiary/aromatic N) is 1. The molecule has 2 N–H and O–H groups in total. The molecule has 18 heavy (non-hydrogen) atoms. The predicted molar refractivity (Wildman–Crippen MR) is 67.1 cm³/mol. The third-order valence-corrected chi connectivity index (χ3v) is 3.42. The molecule has 2 heterocycles. The number of carbonyl (C=O) groups is 1. The number of amides is 1. The van der Waals surface area contributed by atoms with Gasteiger partial charge in [-0.25, -0.2) is 4.39 Å². The van der Waals surface area contributed by atoms with E-state index in [9.17, 15) is 9.18 Å². The van der Waals surface area contributed by atoms with Crippen LogP contribution in [0.3, 0.4) is 0 Å². The molecule has 2 unspecified atom stereocenters. The van der Waals surface area contributed by atoms with Gasteiger partial charge in [-0.3, -0.25) is 9.79 Å². The summed E-state index contributed by atoms with van der Waals surface area (Å²) in [6, 6.07) is -0.427. The third-order valence-electron chi connectivity index (χ3n) is 3.42. The molecule has 0 spiro atoms. The monoisotopic (exact) mass is 247 g/mol. The maximum absolute atomic E-state index is 13.4. The van der Waals surface area contributed by atoms with Gasteiger partial charge in [0.25, 0.3) is 0 Å². The van der Waals surface area contributed by atoms with Gasteiger partial charge in [0.1, 0.15) is 12.2 Å². The summed E-state index contributed by atoms with van der Waals surface area (Å²) in [5.74, 6) is -0.105. The quantitative estimate of drug-likeness (QED) is 0.714. The summed E-state index contributed by atoms with van der Waals surface area (Å²) in [6.45, 7) is 0.706. The number of halogens is 1. The minimum Gasteiger partial charge on any atom is -0.357 e. The average molecular weight is 247 g/mol. The molecule has 0 fully saturated rings. The Morgan fingerprint density at radius 3 is 3.22 bits per heavy atom. The van der Waals surface area contributed by atoms with E-state index in [0.29, 0.717) is 6.54 Å². The van der Waals surface area contributed by atoms with E-state index in [1.165, 1.54) is 6.08 Å². The van der Waals surface area contributed by atoms with E-state index >= 15 is 0 Å². The number of carbonyl (C=O) groups excluding carboxylic acids is 1. The van der Waals surface area contributed by atoms with Gasteiger partial charge < -0.3 is 10.6 Å². The first-order valence-electron chi connectivity index (χ1n) is 6.02. The van der Waals surface area contributed by atoms with Crippen LogP contribution in [-0.2, 0) is 4.79 Å². The van der Waals surface area contributed by atoms with E-state index < -0.39 is 12.2 Å². The van der Waals surface area contributed by atoms with Gasteiger partial charge in [-0.1, -0.05) is 0 Å². The van der Waals surface area contributed by atoms with Crippen molar-refractivity contribution >= 4 is 11.6 Å². The Morgan fingerprint density at radius 1 is 1.61 bits per heavy atom. The van der Waals surface area contributed by atoms with E-state index in [2.05, 4.69) is 15.6 Å². The Hall–Kier alpha value is -1.75. The molecule has 3 aliphatic rings. The van der Waals surface area contributed by atoms with Crippen LogP contribution in [0.4, 0.5) is 4.39 Å². The summed E-state index contributed by atoms with van der Waals surface area (Å²) in [6.07, 6.45) is 4.47. The maximum Gasteiger partial charge on any atom is 0.243 e. The second kappa shape index (κ2) is 4.17. The molecule has 1 amide bonds. The summed E-state index contributed by atoms with van der Waals surface area (Å²) < 4.78 is 13.4. The first-order valence-corrected chi connectivity index (χ1v) is 6.02. The molecule has 0 aromatic rings. The van der Waals surface area contributed by atoms with E-state index in [1.54, 1.807) is 19.2 Å². The second-order valence-corrected chi connectivity index (χ2v) is 4.50. The minimum absolute atomic E-state index is 0.105. The van der Waals surface area contributed by atoms with Gasteiger partial charge in [-0.15, -0.1) is 0 Å². The van der Waals surface area contributed by atoms with Crippen molar-refractivity contribution in [3.05, 3.63) is 35.1 Å². The number of allylic oxidation sites excluding steroid dienone is 4. The maximum atomic E-state index is 13.4. The molecule has 0 saturated carbocycles. The molecular formula is C13H14FN3O. The summed E-state index contributed by atoms with van der Waals surface area (Å²) in [5, 5.41) is 5.76. The van der Waals surface area contributed by atoms with Crippen molar-refractivity contribution in [1.82, 2.24) is 10.6 Å². The Labute approximate surface area is 104 Å². The molecule has 2 atom stereocenters. The number of rotatable bonds is 1. The summed E-state index contributed by atoms with van der Waals surface area (Å²) in [5.41, 5.74) is 3.37. The number of hydrogen-bond donors (Lipinski definition) is 2. The van der Waals surface area contributed by atoms with Gasteiger partial charge in [-0.05, 0) is 30.2 Å². The molecule has 94 valence electrons. The zero-order chi connectivity index (χ0) is 12.7. The van der Waals surface area contributed by atoms with Crippen LogP contribution in [0.2, 0.25) is 0 Å². The molecule has 0 radical (unpaired) electrons. The third kappa shape index (κ3) is 1.62. The van der Waals surface area contributed by atoms with Crippen molar-refractivity contribution < 1.29 is 9.18 Å². The molecule has 4 nitrogen and oxygen atoms in total. The summed E-state index contributed by atoms with van der Waals surface area (Å²) in [7, 11) is 1.60. The van der Waals surface area contributed by atoms with Crippen LogP contribution in [0.25, 0.3) is 0 Å². The van der Waals surface area contributed by atoms with Crippen LogP contribution < -0.4 is 10.6 Å². The van der Waals surface area contributed by atoms with E-state index in [4.69, 9.17) is 0 Å². The van der Waals surface area contributed by atoms with Gasteiger partial charge in [-0.2, -0.15) is 0 Å². The fraction of sp³-hybridized carbons (Fsp3) is 0.385. The molecule has 0 aromatic heterocycles. The predicted octanol–water partition coefficient (Wildman–Crippen LogP) is 0.637. The lowest BCUT2D eigenvalue weighted by Gasteiger charge is -2.23. The number of likely N-dealkylation sites (N-methyl/N-ethyl adjacent to an activating group) is 1. The van der Waals surface area contributed by atoms with Crippen LogP contribution in [-0.4, -0.2) is 37.4 Å². The summed E-state index contributed by atoms with van der Waals surface area (Å²) in [4.78, 5) is 16.3. The van der Waals surface area contributed by atoms with Crippen LogP contribution in [0.5, 0.6) is 0 Å². The SMILES string of the molecule is CNC(=O)C1NCCC2=C1N=C1C=CC(F)C=C12. The van der Waals surface area contributed by atoms with Crippen LogP contribution in [0.15, 0.2) is 40.1 Å². The molecule has 0 saturated heterocycles. The van der Waals surface area contributed by atoms with E-state index in [1.807, 2.05) is 0 Å². The number of alkyl halides is 1. The number of aliphatic imine (C=N–C) groups is 1. The lowest BCUT2D eigenvalue weighted by molar-refractivity contribution is -0.121. The minimum atomic E-state index is -1.06. The highest BCUT2D eigenvalue weighted by Gasteiger charge is 2.35. The van der Waals surface area contributed by atoms with Crippen LogP contribution in [0, 0.1) is 0 Å². The molecule has 5 heteroatoms. The highest BCUT2D eigenvalue weighted by molar-refractivity contribution is 6.15. The van der Waals surface area contributed by atoms with Crippen molar-refractivity contribution in [2.75, 3.05) is 13.6 Å². The van der Waals surface area contributed by atoms with Gasteiger partial charge in [0, 0.05) is 19.2 Å². The number of hydrogen-bond acceptors (Lipinski definition) is 3. The molecule has 0 bridgehead atoms. The second-order valence-electron chi connectivity index (χ2n) is 4.50. The largest absolute Gasteiger partial charge is 0.357 e. The molecule has 0 aromatic carbocycles. The standard InChI is InChI=1S/C13H14FN3O/c1-15-13(18)12-11-8(4-5-16-12)9-6-7(14)2-3-10(9)17-11/h2-3,6-7,12,16H,4-5H2,1H3,(H,15,18). The van der Waals surface area contributed by atoms with Crippen molar-refractivity contribution in [1.29, 1.82) is 0 Å². The Kier molecular flexibility index (Phi) is 2.63. The Bertz CT molecular complexity index is 530. The highest BCUT2D eigenvalue weighted by Crippen LogP contribution is 2.35. The average Bonchev–Trinajstić information content (AvgIpc) is 2.75. The van der Waals surface area contributed by atoms with Gasteiger partial charge in [0.15, 0.2) is 0 Å². The normalized spacial score (nSPS) is 29.4. The van der Waals surface area contributed by atoms with Crippen molar-refractivity contribution in [3.8, 4) is 0 Å². The first kappa shape index (κ1) is 11.3. The highest BCUT2D eigenvalue weighted by atomic mass is 19.1. The van der Waals surface area contributed by atoms with Crippen molar-refractivity contribution in [3.63, 3.8) is 0 Å². The Morgan fingerprint density at radius 2 is 2.44 bits per heavy atom. The molecule has 1 aliphatic carbocycles. The van der Waals surface area contributed by atoms with Crippen LogP contribution in [0.1, 0.15) is 6.42 Å². The van der Waals surface area contributed by atoms with Crippen LogP contribution >= 0.6 is 0 Å². The lowest BCUT2D eigenvalue weighted by atomic mass is 9.91. The fourth-order valence-corrected chi connectivity index (χ4v) is 2.56. The summed E-state index contributed by atoms with van der Waals surface area (Å²) >= 11 is 0.